The molecule has 0 aliphatic carbocycles. The average molecular weight is 219 g/mol. The van der Waals surface area contributed by atoms with E-state index in [2.05, 4.69) is 0 Å². The number of nitrogens with two attached hydrogens (primary N) is 1. The highest BCUT2D eigenvalue weighted by atomic mass is 16.4. The summed E-state index contributed by atoms with van der Waals surface area (Å²) in [4.78, 5) is 10.9. The molecule has 1 aliphatic heterocycles. The summed E-state index contributed by atoms with van der Waals surface area (Å²) in [5, 5.41) is 8.92. The molecule has 0 atom stereocenters. The maximum absolute atomic E-state index is 10.9. The van der Waals surface area contributed by atoms with Gasteiger partial charge in [0.25, 0.3) is 0 Å². The van der Waals surface area contributed by atoms with Crippen LogP contribution in [0.25, 0.3) is 0 Å². The van der Waals surface area contributed by atoms with E-state index in [0.29, 0.717) is 5.56 Å². The van der Waals surface area contributed by atoms with E-state index in [-0.39, 0.29) is 0 Å². The molecule has 4 nitrogen and oxygen atoms in total. The zero-order valence-corrected chi connectivity index (χ0v) is 9.02. The van der Waals surface area contributed by atoms with Gasteiger partial charge in [-0.15, -0.1) is 0 Å². The zero-order valence-electron chi connectivity index (χ0n) is 9.02. The lowest BCUT2D eigenvalue weighted by atomic mass is 10.1. The lowest BCUT2D eigenvalue weighted by Crippen LogP contribution is -2.29. The van der Waals surface area contributed by atoms with Crippen LogP contribution in [0.3, 0.4) is 0 Å². The Morgan fingerprint density at radius 3 is 2.88 bits per heavy atom. The van der Waals surface area contributed by atoms with Gasteiger partial charge in [0.15, 0.2) is 0 Å². The predicted molar refractivity (Wildman–Crippen MR) is 61.2 cm³/mol. The molecule has 0 spiro atoms. The third-order valence-electron chi connectivity index (χ3n) is 2.82. The summed E-state index contributed by atoms with van der Waals surface area (Å²) in [5.41, 5.74) is 7.11. The molecule has 84 valence electrons. The summed E-state index contributed by atoms with van der Waals surface area (Å²) in [6.07, 6.45) is 3.09. The van der Waals surface area contributed by atoms with Gasteiger partial charge in [-0.3, -0.25) is 5.73 Å². The van der Waals surface area contributed by atoms with Crippen molar-refractivity contribution in [2.75, 3.05) is 6.54 Å². The number of hydrogen-bond acceptors (Lipinski definition) is 2. The Kier molecular flexibility index (Phi) is 2.90. The van der Waals surface area contributed by atoms with Crippen molar-refractivity contribution in [2.24, 2.45) is 5.73 Å². The van der Waals surface area contributed by atoms with Gasteiger partial charge in [0, 0.05) is 6.42 Å². The predicted octanol–water partition coefficient (Wildman–Crippen LogP) is 1.57. The quantitative estimate of drug-likeness (QED) is 0.742. The number of carbonyl (C=O) groups is 1. The van der Waals surface area contributed by atoms with Crippen molar-refractivity contribution in [2.45, 2.75) is 19.3 Å². The molecule has 1 aliphatic rings. The Morgan fingerprint density at radius 1 is 1.38 bits per heavy atom. The zero-order chi connectivity index (χ0) is 11.5. The Bertz CT molecular complexity index is 452. The molecule has 0 radical (unpaired) electrons. The first-order valence-electron chi connectivity index (χ1n) is 5.40. The van der Waals surface area contributed by atoms with Crippen molar-refractivity contribution in [3.8, 4) is 0 Å². The highest BCUT2D eigenvalue weighted by Crippen LogP contribution is 2.18. The molecule has 1 aromatic rings. The van der Waals surface area contributed by atoms with E-state index < -0.39 is 5.97 Å². The molecule has 16 heavy (non-hydrogen) atoms. The van der Waals surface area contributed by atoms with Gasteiger partial charge < -0.3 is 5.11 Å². The second-order valence-corrected chi connectivity index (χ2v) is 3.96. The third-order valence-corrected chi connectivity index (χ3v) is 2.82. The molecule has 4 heteroatoms. The van der Waals surface area contributed by atoms with E-state index in [4.69, 9.17) is 10.8 Å². The number of benzene rings is 1. The molecule has 1 aromatic carbocycles. The first-order chi connectivity index (χ1) is 7.68. The van der Waals surface area contributed by atoms with Crippen LogP contribution in [0.15, 0.2) is 24.3 Å². The Morgan fingerprint density at radius 2 is 2.19 bits per heavy atom. The fraction of sp³-hybridized carbons (Fsp3) is 0.333. The second-order valence-electron chi connectivity index (χ2n) is 3.96. The van der Waals surface area contributed by atoms with Gasteiger partial charge in [-0.05, 0) is 31.0 Å². The summed E-state index contributed by atoms with van der Waals surface area (Å²) < 4.78 is 2.00. The Hall–Kier alpha value is -1.84. The van der Waals surface area contributed by atoms with Gasteiger partial charge in [0.2, 0.25) is 5.84 Å². The maximum atomic E-state index is 10.9. The molecule has 2 rings (SSSR count). The van der Waals surface area contributed by atoms with Crippen molar-refractivity contribution >= 4 is 17.5 Å². The van der Waals surface area contributed by atoms with Crippen LogP contribution in [-0.2, 0) is 0 Å². The monoisotopic (exact) mass is 219 g/mol. The second kappa shape index (κ2) is 4.35. The molecular formula is C12H15N2O2+. The van der Waals surface area contributed by atoms with E-state index in [1.165, 1.54) is 0 Å². The standard InChI is InChI=1S/C12H14N2O2/c13-11-6-1-2-7-14(11)10-5-3-4-9(8-10)12(15)16/h3-5,8,13H,1-2,6-7H2,(H,15,16)/p+1. The lowest BCUT2D eigenvalue weighted by Gasteiger charge is -2.14. The van der Waals surface area contributed by atoms with Crippen molar-refractivity contribution < 1.29 is 14.5 Å². The highest BCUT2D eigenvalue weighted by molar-refractivity contribution is 5.88. The van der Waals surface area contributed by atoms with Crippen molar-refractivity contribution in [1.82, 2.24) is 0 Å². The molecule has 1 heterocycles. The number of aromatic carboxylic acids is 1. The Balaban J connectivity index is 2.40. The van der Waals surface area contributed by atoms with E-state index in [1.54, 1.807) is 18.2 Å². The summed E-state index contributed by atoms with van der Waals surface area (Å²) in [5.74, 6) is -0.0776. The van der Waals surface area contributed by atoms with E-state index in [0.717, 1.165) is 37.3 Å². The lowest BCUT2D eigenvalue weighted by molar-refractivity contribution is -0.448. The fourth-order valence-electron chi connectivity index (χ4n) is 1.96. The first-order valence-corrected chi connectivity index (χ1v) is 5.40. The van der Waals surface area contributed by atoms with Crippen molar-refractivity contribution in [1.29, 1.82) is 0 Å². The minimum Gasteiger partial charge on any atom is -0.478 e. The molecule has 0 aromatic heterocycles. The third kappa shape index (κ3) is 2.05. The normalized spacial score (nSPS) is 16.2. The molecule has 0 bridgehead atoms. The summed E-state index contributed by atoms with van der Waals surface area (Å²) in [7, 11) is 0. The number of hydrogen-bond donors (Lipinski definition) is 2. The largest absolute Gasteiger partial charge is 0.478 e. The van der Waals surface area contributed by atoms with Crippen molar-refractivity contribution in [3.05, 3.63) is 29.8 Å². The molecule has 0 fully saturated rings. The maximum Gasteiger partial charge on any atom is 0.335 e. The van der Waals surface area contributed by atoms with Gasteiger partial charge in [-0.2, -0.15) is 0 Å². The number of carboxylic acid groups (broad SMARTS) is 1. The summed E-state index contributed by atoms with van der Waals surface area (Å²) in [6.45, 7) is 0.870. The van der Waals surface area contributed by atoms with Crippen LogP contribution in [0, 0.1) is 0 Å². The van der Waals surface area contributed by atoms with Crippen LogP contribution in [0.1, 0.15) is 29.6 Å². The number of rotatable bonds is 2. The smallest absolute Gasteiger partial charge is 0.335 e. The molecule has 0 unspecified atom stereocenters. The van der Waals surface area contributed by atoms with E-state index >= 15 is 0 Å². The van der Waals surface area contributed by atoms with Gasteiger partial charge in [-0.1, -0.05) is 6.07 Å². The minimum atomic E-state index is -0.905. The summed E-state index contributed by atoms with van der Waals surface area (Å²) in [6, 6.07) is 6.90. The molecular weight excluding hydrogens is 204 g/mol. The number of carboxylic acids is 1. The average Bonchev–Trinajstić information content (AvgIpc) is 2.30. The van der Waals surface area contributed by atoms with Gasteiger partial charge in [-0.25, -0.2) is 9.37 Å². The van der Waals surface area contributed by atoms with Crippen LogP contribution in [0.4, 0.5) is 5.69 Å². The van der Waals surface area contributed by atoms with E-state index in [1.807, 2.05) is 10.6 Å². The molecule has 0 saturated carbocycles. The molecule has 0 amide bonds. The fourth-order valence-corrected chi connectivity index (χ4v) is 1.96. The van der Waals surface area contributed by atoms with Crippen molar-refractivity contribution in [3.63, 3.8) is 0 Å². The summed E-state index contributed by atoms with van der Waals surface area (Å²) >= 11 is 0. The number of amidine groups is 1. The van der Waals surface area contributed by atoms with E-state index in [9.17, 15) is 4.79 Å². The van der Waals surface area contributed by atoms with Crippen LogP contribution >= 0.6 is 0 Å². The van der Waals surface area contributed by atoms with Crippen LogP contribution in [0.5, 0.6) is 0 Å². The number of nitrogens with zero attached hydrogens (tertiary/aromatic N) is 1. The molecule has 0 saturated heterocycles. The SMILES string of the molecule is NC1=[N+](c2cccc(C(=O)O)c2)CCCC1. The van der Waals surface area contributed by atoms with Crippen LogP contribution < -0.4 is 5.73 Å². The van der Waals surface area contributed by atoms with Gasteiger partial charge >= 0.3 is 5.97 Å². The van der Waals surface area contributed by atoms with Gasteiger partial charge in [0.1, 0.15) is 5.69 Å². The Labute approximate surface area is 94.0 Å². The van der Waals surface area contributed by atoms with Gasteiger partial charge in [0.05, 0.1) is 12.1 Å². The molecule has 3 N–H and O–H groups in total. The first kappa shape index (κ1) is 10.7. The topological polar surface area (TPSA) is 66.3 Å². The highest BCUT2D eigenvalue weighted by Gasteiger charge is 2.17. The van der Waals surface area contributed by atoms with Crippen LogP contribution in [0.2, 0.25) is 0 Å². The minimum absolute atomic E-state index is 0.302. The van der Waals surface area contributed by atoms with Crippen LogP contribution in [-0.4, -0.2) is 28.0 Å².